The van der Waals surface area contributed by atoms with Crippen LogP contribution in [-0.2, 0) is 18.4 Å². The summed E-state index contributed by atoms with van der Waals surface area (Å²) in [6, 6.07) is 4.59. The molecule has 0 unspecified atom stereocenters. The second-order valence-electron chi connectivity index (χ2n) is 5.49. The molecule has 1 aromatic heterocycles. The molecule has 0 spiro atoms. The lowest BCUT2D eigenvalue weighted by molar-refractivity contribution is 0.0792. The molecule has 0 aliphatic heterocycles. The predicted octanol–water partition coefficient (Wildman–Crippen LogP) is 3.09. The van der Waals surface area contributed by atoms with Crippen LogP contribution >= 0.6 is 0 Å². The molecule has 2 aromatic rings. The first-order valence-corrected chi connectivity index (χ1v) is 6.30. The molecule has 1 aliphatic carbocycles. The summed E-state index contributed by atoms with van der Waals surface area (Å²) < 4.78 is 13.4. The van der Waals surface area contributed by atoms with Crippen molar-refractivity contribution in [3.05, 3.63) is 40.8 Å². The molecule has 3 heteroatoms. The number of fused-ring (bicyclic) bond motifs is 2. The molecule has 0 fully saturated rings. The molecule has 1 aromatic carbocycles. The number of hydrogen-bond acceptors (Lipinski definition) is 2. The van der Waals surface area contributed by atoms with Gasteiger partial charge in [0.2, 0.25) is 0 Å². The average molecular weight is 245 g/mol. The van der Waals surface area contributed by atoms with Crippen LogP contribution in [0.3, 0.4) is 0 Å². The highest BCUT2D eigenvalue weighted by Crippen LogP contribution is 2.36. The van der Waals surface area contributed by atoms with E-state index >= 15 is 0 Å². The lowest BCUT2D eigenvalue weighted by Gasteiger charge is -2.23. The van der Waals surface area contributed by atoms with Gasteiger partial charge in [-0.05, 0) is 62.4 Å². The number of aliphatic hydroxyl groups is 1. The van der Waals surface area contributed by atoms with Gasteiger partial charge in [-0.3, -0.25) is 4.98 Å². The van der Waals surface area contributed by atoms with E-state index in [1.54, 1.807) is 19.9 Å². The van der Waals surface area contributed by atoms with Gasteiger partial charge < -0.3 is 5.11 Å². The third-order valence-corrected chi connectivity index (χ3v) is 3.59. The van der Waals surface area contributed by atoms with Crippen LogP contribution in [0.15, 0.2) is 18.2 Å². The van der Waals surface area contributed by atoms with Crippen LogP contribution in [0.1, 0.15) is 37.1 Å². The van der Waals surface area contributed by atoms with Gasteiger partial charge in [-0.1, -0.05) is 0 Å². The average Bonchev–Trinajstić information content (AvgIpc) is 2.71. The molecule has 1 aliphatic rings. The van der Waals surface area contributed by atoms with Gasteiger partial charge >= 0.3 is 0 Å². The SMILES string of the molecule is CC(C)(O)c1c2c(nc3ccc(F)cc13)CCC2. The number of halogens is 1. The molecule has 1 heterocycles. The van der Waals surface area contributed by atoms with Crippen molar-refractivity contribution in [2.45, 2.75) is 38.7 Å². The number of hydrogen-bond donors (Lipinski definition) is 1. The zero-order valence-electron chi connectivity index (χ0n) is 10.6. The summed E-state index contributed by atoms with van der Waals surface area (Å²) in [5.74, 6) is -0.284. The third-order valence-electron chi connectivity index (χ3n) is 3.59. The first-order chi connectivity index (χ1) is 8.47. The van der Waals surface area contributed by atoms with Gasteiger partial charge in [0.05, 0.1) is 11.1 Å². The molecule has 1 N–H and O–H groups in total. The van der Waals surface area contributed by atoms with Crippen LogP contribution in [0.4, 0.5) is 4.39 Å². The van der Waals surface area contributed by atoms with E-state index in [9.17, 15) is 9.50 Å². The second kappa shape index (κ2) is 3.75. The second-order valence-corrected chi connectivity index (χ2v) is 5.49. The molecule has 3 rings (SSSR count). The number of aryl methyl sites for hydroxylation is 1. The molecule has 0 amide bonds. The first kappa shape index (κ1) is 11.6. The van der Waals surface area contributed by atoms with Crippen molar-refractivity contribution in [1.29, 1.82) is 0 Å². The minimum atomic E-state index is -0.969. The van der Waals surface area contributed by atoms with Crippen LogP contribution in [0, 0.1) is 5.82 Å². The number of pyridine rings is 1. The quantitative estimate of drug-likeness (QED) is 0.837. The summed E-state index contributed by atoms with van der Waals surface area (Å²) in [6.07, 6.45) is 2.93. The lowest BCUT2D eigenvalue weighted by Crippen LogP contribution is -2.19. The van der Waals surface area contributed by atoms with E-state index < -0.39 is 5.60 Å². The normalized spacial score (nSPS) is 15.1. The highest BCUT2D eigenvalue weighted by atomic mass is 19.1. The number of benzene rings is 1. The number of rotatable bonds is 1. The topological polar surface area (TPSA) is 33.1 Å². The summed E-state index contributed by atoms with van der Waals surface area (Å²) in [6.45, 7) is 3.51. The van der Waals surface area contributed by atoms with Gasteiger partial charge in [0.1, 0.15) is 5.82 Å². The van der Waals surface area contributed by atoms with E-state index in [-0.39, 0.29) is 5.82 Å². The summed E-state index contributed by atoms with van der Waals surface area (Å²) >= 11 is 0. The zero-order chi connectivity index (χ0) is 12.9. The maximum absolute atomic E-state index is 13.4. The van der Waals surface area contributed by atoms with Crippen molar-refractivity contribution in [3.8, 4) is 0 Å². The summed E-state index contributed by atoms with van der Waals surface area (Å²) in [7, 11) is 0. The maximum Gasteiger partial charge on any atom is 0.123 e. The van der Waals surface area contributed by atoms with Crippen molar-refractivity contribution in [2.75, 3.05) is 0 Å². The molecule has 2 nitrogen and oxygen atoms in total. The fourth-order valence-corrected chi connectivity index (χ4v) is 2.93. The smallest absolute Gasteiger partial charge is 0.123 e. The van der Waals surface area contributed by atoms with Crippen molar-refractivity contribution in [3.63, 3.8) is 0 Å². The van der Waals surface area contributed by atoms with Crippen LogP contribution < -0.4 is 0 Å². The summed E-state index contributed by atoms with van der Waals surface area (Å²) in [4.78, 5) is 4.59. The Hall–Kier alpha value is -1.48. The highest BCUT2D eigenvalue weighted by Gasteiger charge is 2.28. The monoisotopic (exact) mass is 245 g/mol. The molecule has 0 saturated carbocycles. The molecule has 18 heavy (non-hydrogen) atoms. The molecule has 0 atom stereocenters. The highest BCUT2D eigenvalue weighted by molar-refractivity contribution is 5.85. The fraction of sp³-hybridized carbons (Fsp3) is 0.400. The Kier molecular flexibility index (Phi) is 2.42. The van der Waals surface area contributed by atoms with E-state index in [4.69, 9.17) is 0 Å². The van der Waals surface area contributed by atoms with E-state index in [0.29, 0.717) is 0 Å². The Morgan fingerprint density at radius 2 is 2.06 bits per heavy atom. The van der Waals surface area contributed by atoms with E-state index in [1.165, 1.54) is 12.1 Å². The maximum atomic E-state index is 13.4. The van der Waals surface area contributed by atoms with Crippen LogP contribution in [0.25, 0.3) is 10.9 Å². The van der Waals surface area contributed by atoms with E-state index in [0.717, 1.165) is 47.0 Å². The van der Waals surface area contributed by atoms with Crippen LogP contribution in [0.2, 0.25) is 0 Å². The van der Waals surface area contributed by atoms with Gasteiger partial charge in [-0.15, -0.1) is 0 Å². The van der Waals surface area contributed by atoms with Crippen molar-refractivity contribution in [1.82, 2.24) is 4.98 Å². The lowest BCUT2D eigenvalue weighted by atomic mass is 9.89. The Morgan fingerprint density at radius 3 is 2.78 bits per heavy atom. The van der Waals surface area contributed by atoms with Crippen molar-refractivity contribution in [2.24, 2.45) is 0 Å². The van der Waals surface area contributed by atoms with Gasteiger partial charge in [0, 0.05) is 11.1 Å². The van der Waals surface area contributed by atoms with Gasteiger partial charge in [-0.2, -0.15) is 0 Å². The number of aromatic nitrogens is 1. The number of nitrogens with zero attached hydrogens (tertiary/aromatic N) is 1. The standard InChI is InChI=1S/C15H16FNO/c1-15(2,18)14-10-4-3-5-12(10)17-13-7-6-9(16)8-11(13)14/h6-8,18H,3-5H2,1-2H3. The Morgan fingerprint density at radius 1 is 1.28 bits per heavy atom. The van der Waals surface area contributed by atoms with Crippen LogP contribution in [-0.4, -0.2) is 10.1 Å². The van der Waals surface area contributed by atoms with Gasteiger partial charge in [0.25, 0.3) is 0 Å². The minimum absolute atomic E-state index is 0.284. The molecule has 0 saturated heterocycles. The Labute approximate surface area is 105 Å². The van der Waals surface area contributed by atoms with Gasteiger partial charge in [-0.25, -0.2) is 4.39 Å². The molecule has 0 radical (unpaired) electrons. The molecule has 94 valence electrons. The van der Waals surface area contributed by atoms with E-state index in [1.807, 2.05) is 0 Å². The molecular formula is C15H16FNO. The third kappa shape index (κ3) is 1.70. The van der Waals surface area contributed by atoms with Crippen molar-refractivity contribution >= 4 is 10.9 Å². The first-order valence-electron chi connectivity index (χ1n) is 6.30. The largest absolute Gasteiger partial charge is 0.386 e. The fourth-order valence-electron chi connectivity index (χ4n) is 2.93. The summed E-state index contributed by atoms with van der Waals surface area (Å²) in [5.41, 5.74) is 2.82. The zero-order valence-corrected chi connectivity index (χ0v) is 10.6. The van der Waals surface area contributed by atoms with Gasteiger partial charge in [0.15, 0.2) is 0 Å². The Balaban J connectivity index is 2.44. The molecular weight excluding hydrogens is 229 g/mol. The minimum Gasteiger partial charge on any atom is -0.386 e. The summed E-state index contributed by atoms with van der Waals surface area (Å²) in [5, 5.41) is 11.1. The van der Waals surface area contributed by atoms with Crippen molar-refractivity contribution < 1.29 is 9.50 Å². The predicted molar refractivity (Wildman–Crippen MR) is 69.0 cm³/mol. The Bertz CT molecular complexity index is 628. The van der Waals surface area contributed by atoms with E-state index in [2.05, 4.69) is 4.98 Å². The molecule has 0 bridgehead atoms. The van der Waals surface area contributed by atoms with Crippen LogP contribution in [0.5, 0.6) is 0 Å².